The fourth-order valence-corrected chi connectivity index (χ4v) is 2.56. The second kappa shape index (κ2) is 5.09. The van der Waals surface area contributed by atoms with Crippen molar-refractivity contribution in [2.24, 2.45) is 0 Å². The van der Waals surface area contributed by atoms with Gasteiger partial charge in [-0.3, -0.25) is 4.57 Å². The van der Waals surface area contributed by atoms with E-state index in [1.807, 2.05) is 0 Å². The van der Waals surface area contributed by atoms with Crippen molar-refractivity contribution in [2.45, 2.75) is 4.90 Å². The first-order valence-corrected chi connectivity index (χ1v) is 7.40. The molecule has 0 saturated carbocycles. The van der Waals surface area contributed by atoms with Crippen molar-refractivity contribution in [2.75, 3.05) is 6.66 Å². The van der Waals surface area contributed by atoms with Crippen molar-refractivity contribution in [1.82, 2.24) is 0 Å². The van der Waals surface area contributed by atoms with E-state index in [2.05, 4.69) is 9.01 Å². The molecule has 84 valence electrons. The van der Waals surface area contributed by atoms with Gasteiger partial charge in [0.15, 0.2) is 0 Å². The van der Waals surface area contributed by atoms with E-state index in [1.165, 1.54) is 24.9 Å². The van der Waals surface area contributed by atoms with Crippen molar-refractivity contribution >= 4 is 29.7 Å². The molecule has 0 spiro atoms. The van der Waals surface area contributed by atoms with E-state index in [9.17, 15) is 13.0 Å². The molecule has 0 bridgehead atoms. The standard InChI is InChI=1S/C7H8ClO5PS/c1-14(9)12-13-15(10,11)7-5-3-2-4-6(7)8/h2-5,14H,1H3. The van der Waals surface area contributed by atoms with Gasteiger partial charge in [0, 0.05) is 6.66 Å². The predicted octanol–water partition coefficient (Wildman–Crippen LogP) is 2.08. The first kappa shape index (κ1) is 12.7. The Hall–Kier alpha value is -0.390. The number of hydrogen-bond acceptors (Lipinski definition) is 5. The fourth-order valence-electron chi connectivity index (χ4n) is 0.777. The van der Waals surface area contributed by atoms with Crippen LogP contribution in [-0.4, -0.2) is 15.1 Å². The lowest BCUT2D eigenvalue weighted by Crippen LogP contribution is -2.05. The van der Waals surface area contributed by atoms with Gasteiger partial charge in [-0.05, 0) is 12.1 Å². The Morgan fingerprint density at radius 3 is 2.47 bits per heavy atom. The first-order valence-electron chi connectivity index (χ1n) is 3.80. The monoisotopic (exact) mass is 270 g/mol. The van der Waals surface area contributed by atoms with Crippen LogP contribution in [0.5, 0.6) is 0 Å². The molecule has 15 heavy (non-hydrogen) atoms. The van der Waals surface area contributed by atoms with Gasteiger partial charge < -0.3 is 0 Å². The Kier molecular flexibility index (Phi) is 4.31. The van der Waals surface area contributed by atoms with Crippen LogP contribution in [0.3, 0.4) is 0 Å². The Morgan fingerprint density at radius 2 is 1.93 bits per heavy atom. The molecule has 0 radical (unpaired) electrons. The van der Waals surface area contributed by atoms with Crippen LogP contribution >= 0.6 is 19.6 Å². The van der Waals surface area contributed by atoms with Gasteiger partial charge in [-0.2, -0.15) is 13.1 Å². The normalized spacial score (nSPS) is 13.7. The molecule has 0 aromatic heterocycles. The number of hydrogen-bond donors (Lipinski definition) is 0. The summed E-state index contributed by atoms with van der Waals surface area (Å²) in [5.74, 6) is 0. The average molecular weight is 271 g/mol. The highest BCUT2D eigenvalue weighted by molar-refractivity contribution is 7.86. The summed E-state index contributed by atoms with van der Waals surface area (Å²) in [5.41, 5.74) is 0. The van der Waals surface area contributed by atoms with Crippen LogP contribution in [0.1, 0.15) is 0 Å². The Labute approximate surface area is 92.9 Å². The van der Waals surface area contributed by atoms with Crippen LogP contribution in [0.2, 0.25) is 5.02 Å². The molecule has 0 aliphatic carbocycles. The largest absolute Gasteiger partial charge is 0.325 e. The molecule has 1 aromatic carbocycles. The minimum absolute atomic E-state index is 0.0110. The number of benzene rings is 1. The topological polar surface area (TPSA) is 69.7 Å². The Balaban J connectivity index is 2.97. The molecule has 5 nitrogen and oxygen atoms in total. The van der Waals surface area contributed by atoms with Crippen LogP contribution in [-0.2, 0) is 23.7 Å². The number of rotatable bonds is 4. The molecule has 1 rings (SSSR count). The molecule has 0 saturated heterocycles. The lowest BCUT2D eigenvalue weighted by Gasteiger charge is -2.04. The van der Waals surface area contributed by atoms with Gasteiger partial charge in [0.25, 0.3) is 0 Å². The van der Waals surface area contributed by atoms with E-state index in [4.69, 9.17) is 11.6 Å². The summed E-state index contributed by atoms with van der Waals surface area (Å²) in [7, 11) is -6.60. The van der Waals surface area contributed by atoms with Crippen molar-refractivity contribution in [3.05, 3.63) is 29.3 Å². The maximum absolute atomic E-state index is 11.4. The Bertz CT molecular complexity index is 472. The highest BCUT2D eigenvalue weighted by Gasteiger charge is 2.20. The maximum Gasteiger partial charge on any atom is 0.325 e. The zero-order chi connectivity index (χ0) is 11.5. The van der Waals surface area contributed by atoms with Crippen LogP contribution in [0.15, 0.2) is 29.2 Å². The molecular formula is C7H8ClO5PS. The lowest BCUT2D eigenvalue weighted by molar-refractivity contribution is -0.0833. The minimum atomic E-state index is -4.11. The summed E-state index contributed by atoms with van der Waals surface area (Å²) in [4.78, 5) is -0.227. The van der Waals surface area contributed by atoms with Crippen LogP contribution in [0.4, 0.5) is 0 Å². The van der Waals surface area contributed by atoms with E-state index >= 15 is 0 Å². The molecule has 1 atom stereocenters. The van der Waals surface area contributed by atoms with Gasteiger partial charge in [0.2, 0.25) is 8.03 Å². The molecule has 0 N–H and O–H groups in total. The second-order valence-electron chi connectivity index (χ2n) is 2.53. The van der Waals surface area contributed by atoms with Gasteiger partial charge >= 0.3 is 10.1 Å². The van der Waals surface area contributed by atoms with E-state index in [1.54, 1.807) is 6.07 Å². The summed E-state index contributed by atoms with van der Waals surface area (Å²) in [6.07, 6.45) is 0. The van der Waals surface area contributed by atoms with Crippen LogP contribution < -0.4 is 0 Å². The summed E-state index contributed by atoms with van der Waals surface area (Å²) >= 11 is 5.64. The molecule has 0 amide bonds. The summed E-state index contributed by atoms with van der Waals surface area (Å²) < 4.78 is 41.5. The molecule has 0 aliphatic rings. The first-order chi connectivity index (χ1) is 6.93. The third-order valence-electron chi connectivity index (χ3n) is 1.35. The Morgan fingerprint density at radius 1 is 1.33 bits per heavy atom. The van der Waals surface area contributed by atoms with Gasteiger partial charge in [-0.25, -0.2) is 0 Å². The SMILES string of the molecule is C[PH](=O)OOS(=O)(=O)c1ccccc1Cl. The molecular weight excluding hydrogens is 263 g/mol. The summed E-state index contributed by atoms with van der Waals surface area (Å²) in [6.45, 7) is 1.20. The molecule has 8 heteroatoms. The van der Waals surface area contributed by atoms with Crippen molar-refractivity contribution in [1.29, 1.82) is 0 Å². The molecule has 0 fully saturated rings. The van der Waals surface area contributed by atoms with Crippen molar-refractivity contribution < 1.29 is 22.0 Å². The third kappa shape index (κ3) is 3.59. The van der Waals surface area contributed by atoms with E-state index in [0.29, 0.717) is 0 Å². The van der Waals surface area contributed by atoms with Gasteiger partial charge in [-0.1, -0.05) is 28.1 Å². The highest BCUT2D eigenvalue weighted by Crippen LogP contribution is 2.25. The van der Waals surface area contributed by atoms with E-state index < -0.39 is 18.1 Å². The average Bonchev–Trinajstić information content (AvgIpc) is 2.15. The molecule has 1 unspecified atom stereocenters. The van der Waals surface area contributed by atoms with Crippen molar-refractivity contribution in [3.8, 4) is 0 Å². The van der Waals surface area contributed by atoms with Gasteiger partial charge in [0.1, 0.15) is 4.90 Å². The zero-order valence-electron chi connectivity index (χ0n) is 7.64. The van der Waals surface area contributed by atoms with Crippen LogP contribution in [0.25, 0.3) is 0 Å². The zero-order valence-corrected chi connectivity index (χ0v) is 10.2. The summed E-state index contributed by atoms with van der Waals surface area (Å²) in [6, 6.07) is 5.71. The molecule has 1 aromatic rings. The second-order valence-corrected chi connectivity index (χ2v) is 5.57. The molecule has 0 aliphatic heterocycles. The predicted molar refractivity (Wildman–Crippen MR) is 55.7 cm³/mol. The fraction of sp³-hybridized carbons (Fsp3) is 0.143. The van der Waals surface area contributed by atoms with Crippen LogP contribution in [0, 0.1) is 0 Å². The quantitative estimate of drug-likeness (QED) is 0.476. The maximum atomic E-state index is 11.4. The van der Waals surface area contributed by atoms with Crippen molar-refractivity contribution in [3.63, 3.8) is 0 Å². The summed E-state index contributed by atoms with van der Waals surface area (Å²) in [5, 5.41) is 0.0110. The van der Waals surface area contributed by atoms with E-state index in [-0.39, 0.29) is 9.92 Å². The van der Waals surface area contributed by atoms with E-state index in [0.717, 1.165) is 0 Å². The smallest absolute Gasteiger partial charge is 0.294 e. The number of halogens is 1. The van der Waals surface area contributed by atoms with Gasteiger partial charge in [0.05, 0.1) is 5.02 Å². The van der Waals surface area contributed by atoms with Gasteiger partial charge in [-0.15, -0.1) is 0 Å². The lowest BCUT2D eigenvalue weighted by atomic mass is 10.4. The minimum Gasteiger partial charge on any atom is -0.294 e. The highest BCUT2D eigenvalue weighted by atomic mass is 35.5. The third-order valence-corrected chi connectivity index (χ3v) is 3.37. The molecule has 0 heterocycles.